The number of hydrogen-bond donors (Lipinski definition) is 1. The number of ether oxygens (including phenoxy) is 1. The molecule has 0 atom stereocenters. The fourth-order valence-corrected chi connectivity index (χ4v) is 0.478. The lowest BCUT2D eigenvalue weighted by Crippen LogP contribution is -2.07. The summed E-state index contributed by atoms with van der Waals surface area (Å²) in [6.45, 7) is 3.08. The van der Waals surface area contributed by atoms with Gasteiger partial charge in [0.15, 0.2) is 5.57 Å². The van der Waals surface area contributed by atoms with Gasteiger partial charge in [0.1, 0.15) is 11.8 Å². The second-order valence-corrected chi connectivity index (χ2v) is 1.79. The number of aliphatic hydroxyl groups excluding tert-OH is 1. The second kappa shape index (κ2) is 4.34. The average Bonchev–Trinajstić information content (AvgIpc) is 1.88. The molecule has 0 radical (unpaired) electrons. The van der Waals surface area contributed by atoms with Gasteiger partial charge in [-0.25, -0.2) is 4.79 Å². The Morgan fingerprint density at radius 2 is 2.27 bits per heavy atom. The Bertz CT molecular complexity index is 220. The lowest BCUT2D eigenvalue weighted by atomic mass is 10.2. The summed E-state index contributed by atoms with van der Waals surface area (Å²) in [4.78, 5) is 10.8. The maximum absolute atomic E-state index is 10.8. The molecule has 0 spiro atoms. The van der Waals surface area contributed by atoms with E-state index >= 15 is 0 Å². The fraction of sp³-hybridized carbons (Fsp3) is 0.429. The van der Waals surface area contributed by atoms with Gasteiger partial charge >= 0.3 is 5.97 Å². The van der Waals surface area contributed by atoms with Gasteiger partial charge in [-0.1, -0.05) is 0 Å². The predicted molar refractivity (Wildman–Crippen MR) is 37.6 cm³/mol. The highest BCUT2D eigenvalue weighted by Crippen LogP contribution is 2.01. The molecule has 0 fully saturated rings. The van der Waals surface area contributed by atoms with Crippen LogP contribution in [0.3, 0.4) is 0 Å². The SMILES string of the molecule is CCOC(=O)/C(C#N)=C(/C)O. The minimum absolute atomic E-state index is 0.192. The van der Waals surface area contributed by atoms with E-state index in [2.05, 4.69) is 4.74 Å². The number of hydrogen-bond acceptors (Lipinski definition) is 4. The number of nitriles is 1. The van der Waals surface area contributed by atoms with Crippen LogP contribution < -0.4 is 0 Å². The summed E-state index contributed by atoms with van der Waals surface area (Å²) in [5.41, 5.74) is -0.341. The van der Waals surface area contributed by atoms with Gasteiger partial charge in [0.25, 0.3) is 0 Å². The van der Waals surface area contributed by atoms with E-state index in [1.54, 1.807) is 13.0 Å². The topological polar surface area (TPSA) is 70.3 Å². The van der Waals surface area contributed by atoms with Crippen molar-refractivity contribution in [3.63, 3.8) is 0 Å². The Balaban J connectivity index is 4.45. The Morgan fingerprint density at radius 3 is 2.55 bits per heavy atom. The third-order valence-corrected chi connectivity index (χ3v) is 0.953. The number of aliphatic hydroxyl groups is 1. The summed E-state index contributed by atoms with van der Waals surface area (Å²) in [5, 5.41) is 17.1. The molecule has 0 aliphatic carbocycles. The first-order valence-electron chi connectivity index (χ1n) is 3.10. The molecule has 0 saturated carbocycles. The van der Waals surface area contributed by atoms with Crippen LogP contribution in [0.4, 0.5) is 0 Å². The van der Waals surface area contributed by atoms with Crippen molar-refractivity contribution in [2.75, 3.05) is 6.61 Å². The second-order valence-electron chi connectivity index (χ2n) is 1.79. The molecule has 11 heavy (non-hydrogen) atoms. The molecular formula is C7H9NO3. The number of esters is 1. The molecule has 0 rings (SSSR count). The molecule has 0 aliphatic rings. The third kappa shape index (κ3) is 2.72. The monoisotopic (exact) mass is 155 g/mol. The normalized spacial score (nSPS) is 11.4. The summed E-state index contributed by atoms with van der Waals surface area (Å²) >= 11 is 0. The van der Waals surface area contributed by atoms with Gasteiger partial charge < -0.3 is 9.84 Å². The predicted octanol–water partition coefficient (Wildman–Crippen LogP) is 0.905. The molecule has 60 valence electrons. The van der Waals surface area contributed by atoms with Gasteiger partial charge in [-0.2, -0.15) is 5.26 Å². The van der Waals surface area contributed by atoms with Crippen molar-refractivity contribution in [1.29, 1.82) is 5.26 Å². The highest BCUT2D eigenvalue weighted by molar-refractivity contribution is 5.93. The van der Waals surface area contributed by atoms with Crippen LogP contribution in [0.25, 0.3) is 0 Å². The summed E-state index contributed by atoms with van der Waals surface area (Å²) in [7, 11) is 0. The van der Waals surface area contributed by atoms with Crippen LogP contribution in [-0.2, 0) is 9.53 Å². The third-order valence-electron chi connectivity index (χ3n) is 0.953. The Morgan fingerprint density at radius 1 is 1.73 bits per heavy atom. The smallest absolute Gasteiger partial charge is 0.352 e. The van der Waals surface area contributed by atoms with E-state index < -0.39 is 5.97 Å². The molecule has 0 aromatic carbocycles. The number of allylic oxidation sites excluding steroid dienone is 1. The molecule has 0 bridgehead atoms. The molecule has 0 saturated heterocycles. The number of carbonyl (C=O) groups is 1. The zero-order chi connectivity index (χ0) is 8.85. The van der Waals surface area contributed by atoms with Gasteiger partial charge in [-0.05, 0) is 13.8 Å². The molecular weight excluding hydrogens is 146 g/mol. The van der Waals surface area contributed by atoms with Crippen LogP contribution in [0.1, 0.15) is 13.8 Å². The van der Waals surface area contributed by atoms with Crippen LogP contribution >= 0.6 is 0 Å². The molecule has 1 N–H and O–H groups in total. The van der Waals surface area contributed by atoms with Crippen LogP contribution in [0.2, 0.25) is 0 Å². The van der Waals surface area contributed by atoms with E-state index in [0.717, 1.165) is 0 Å². The Hall–Kier alpha value is -1.50. The molecule has 0 aromatic heterocycles. The average molecular weight is 155 g/mol. The van der Waals surface area contributed by atoms with Crippen molar-refractivity contribution in [3.05, 3.63) is 11.3 Å². The minimum atomic E-state index is -0.782. The van der Waals surface area contributed by atoms with Crippen molar-refractivity contribution < 1.29 is 14.6 Å². The van der Waals surface area contributed by atoms with Crippen LogP contribution in [-0.4, -0.2) is 17.7 Å². The van der Waals surface area contributed by atoms with E-state index in [1.165, 1.54) is 6.92 Å². The quantitative estimate of drug-likeness (QED) is 0.278. The number of nitrogens with zero attached hydrogens (tertiary/aromatic N) is 1. The summed E-state index contributed by atoms with van der Waals surface area (Å²) in [5.74, 6) is -1.10. The first kappa shape index (κ1) is 9.50. The molecule has 0 unspecified atom stereocenters. The van der Waals surface area contributed by atoms with Crippen LogP contribution in [0.5, 0.6) is 0 Å². The Labute approximate surface area is 64.7 Å². The summed E-state index contributed by atoms with van der Waals surface area (Å²) in [6.07, 6.45) is 0. The van der Waals surface area contributed by atoms with Crippen LogP contribution in [0, 0.1) is 11.3 Å². The molecule has 4 nitrogen and oxygen atoms in total. The van der Waals surface area contributed by atoms with Crippen molar-refractivity contribution >= 4 is 5.97 Å². The minimum Gasteiger partial charge on any atom is -0.511 e. The fourth-order valence-electron chi connectivity index (χ4n) is 0.478. The first-order valence-corrected chi connectivity index (χ1v) is 3.10. The molecule has 0 aromatic rings. The highest BCUT2D eigenvalue weighted by atomic mass is 16.5. The van der Waals surface area contributed by atoms with E-state index in [9.17, 15) is 4.79 Å². The lowest BCUT2D eigenvalue weighted by Gasteiger charge is -1.98. The zero-order valence-corrected chi connectivity index (χ0v) is 6.42. The molecule has 4 heteroatoms. The van der Waals surface area contributed by atoms with Crippen molar-refractivity contribution in [3.8, 4) is 6.07 Å². The van der Waals surface area contributed by atoms with E-state index in [1.807, 2.05) is 0 Å². The molecule has 0 amide bonds. The van der Waals surface area contributed by atoms with Crippen LogP contribution in [0.15, 0.2) is 11.3 Å². The summed E-state index contributed by atoms with van der Waals surface area (Å²) in [6, 6.07) is 1.54. The van der Waals surface area contributed by atoms with Gasteiger partial charge in [0.05, 0.1) is 6.61 Å². The van der Waals surface area contributed by atoms with E-state index in [0.29, 0.717) is 0 Å². The lowest BCUT2D eigenvalue weighted by molar-refractivity contribution is -0.138. The van der Waals surface area contributed by atoms with E-state index in [4.69, 9.17) is 10.4 Å². The van der Waals surface area contributed by atoms with Gasteiger partial charge in [-0.3, -0.25) is 0 Å². The maximum Gasteiger partial charge on any atom is 0.352 e. The van der Waals surface area contributed by atoms with Gasteiger partial charge in [0.2, 0.25) is 0 Å². The van der Waals surface area contributed by atoms with Gasteiger partial charge in [-0.15, -0.1) is 0 Å². The highest BCUT2D eigenvalue weighted by Gasteiger charge is 2.12. The molecule has 0 aliphatic heterocycles. The van der Waals surface area contributed by atoms with Crippen molar-refractivity contribution in [1.82, 2.24) is 0 Å². The zero-order valence-electron chi connectivity index (χ0n) is 6.42. The van der Waals surface area contributed by atoms with Gasteiger partial charge in [0, 0.05) is 0 Å². The van der Waals surface area contributed by atoms with Crippen molar-refractivity contribution in [2.45, 2.75) is 13.8 Å². The maximum atomic E-state index is 10.8. The Kier molecular flexibility index (Phi) is 3.75. The van der Waals surface area contributed by atoms with E-state index in [-0.39, 0.29) is 17.9 Å². The number of carbonyl (C=O) groups excluding carboxylic acids is 1. The van der Waals surface area contributed by atoms with Crippen molar-refractivity contribution in [2.24, 2.45) is 0 Å². The largest absolute Gasteiger partial charge is 0.511 e. The number of rotatable bonds is 2. The standard InChI is InChI=1S/C7H9NO3/c1-3-11-7(10)6(4-8)5(2)9/h9H,3H2,1-2H3/b6-5-. The molecule has 0 heterocycles. The summed E-state index contributed by atoms with van der Waals surface area (Å²) < 4.78 is 4.48. The first-order chi connectivity index (χ1) is 5.13.